The Hall–Kier alpha value is -1.39. The number of nitrogens with one attached hydrogen (secondary N) is 1. The fraction of sp³-hybridized carbons (Fsp3) is 0.611. The predicted molar refractivity (Wildman–Crippen MR) is 89.9 cm³/mol. The van der Waals surface area contributed by atoms with Crippen LogP contribution in [0.4, 0.5) is 5.69 Å². The van der Waals surface area contributed by atoms with Gasteiger partial charge in [-0.05, 0) is 73.9 Å². The number of nitrogens with two attached hydrogens (primary N) is 1. The van der Waals surface area contributed by atoms with Crippen molar-refractivity contribution >= 4 is 11.6 Å². The van der Waals surface area contributed by atoms with Crippen LogP contribution in [0.3, 0.4) is 0 Å². The number of benzene rings is 1. The Kier molecular flexibility index (Phi) is 4.79. The lowest BCUT2D eigenvalue weighted by Crippen LogP contribution is -2.45. The first-order chi connectivity index (χ1) is 10.7. The molecule has 1 fully saturated rings. The quantitative estimate of drug-likeness (QED) is 0.894. The van der Waals surface area contributed by atoms with E-state index in [0.717, 1.165) is 31.6 Å². The summed E-state index contributed by atoms with van der Waals surface area (Å²) in [5, 5.41) is 3.05. The standard InChI is InChI=1S/C18H27N3O/c1-13-7-8-21(11-16(13)10-19)12-18(22)20-17-6-5-14-3-2-4-15(14)9-17/h5-6,9,13,16H,2-4,7-8,10-12,19H2,1H3,(H,20,22). The maximum absolute atomic E-state index is 12.3. The number of hydrogen-bond acceptors (Lipinski definition) is 3. The lowest BCUT2D eigenvalue weighted by Gasteiger charge is -2.36. The number of piperidine rings is 1. The van der Waals surface area contributed by atoms with Crippen molar-refractivity contribution < 1.29 is 4.79 Å². The van der Waals surface area contributed by atoms with Gasteiger partial charge in [-0.1, -0.05) is 13.0 Å². The van der Waals surface area contributed by atoms with Gasteiger partial charge in [0.2, 0.25) is 5.91 Å². The molecule has 0 spiro atoms. The van der Waals surface area contributed by atoms with E-state index in [-0.39, 0.29) is 5.91 Å². The first kappa shape index (κ1) is 15.5. The topological polar surface area (TPSA) is 58.4 Å². The van der Waals surface area contributed by atoms with Crippen molar-refractivity contribution in [1.82, 2.24) is 4.90 Å². The number of carbonyl (C=O) groups is 1. The number of hydrogen-bond donors (Lipinski definition) is 2. The Labute approximate surface area is 133 Å². The minimum Gasteiger partial charge on any atom is -0.330 e. The van der Waals surface area contributed by atoms with Gasteiger partial charge in [0.05, 0.1) is 6.54 Å². The summed E-state index contributed by atoms with van der Waals surface area (Å²) in [4.78, 5) is 14.5. The van der Waals surface area contributed by atoms with Gasteiger partial charge in [-0.15, -0.1) is 0 Å². The first-order valence-corrected chi connectivity index (χ1v) is 8.50. The molecule has 3 rings (SSSR count). The molecule has 1 amide bonds. The lowest BCUT2D eigenvalue weighted by atomic mass is 9.87. The van der Waals surface area contributed by atoms with Crippen LogP contribution in [0.1, 0.15) is 30.9 Å². The molecule has 1 heterocycles. The predicted octanol–water partition coefficient (Wildman–Crippen LogP) is 2.03. The molecule has 2 atom stereocenters. The van der Waals surface area contributed by atoms with Crippen LogP contribution in [-0.4, -0.2) is 37.0 Å². The highest BCUT2D eigenvalue weighted by molar-refractivity contribution is 5.92. The summed E-state index contributed by atoms with van der Waals surface area (Å²) in [6.45, 7) is 5.38. The normalized spacial score (nSPS) is 25.0. The van der Waals surface area contributed by atoms with E-state index in [2.05, 4.69) is 29.3 Å². The maximum Gasteiger partial charge on any atom is 0.238 e. The molecule has 0 radical (unpaired) electrons. The fourth-order valence-corrected chi connectivity index (χ4v) is 3.73. The highest BCUT2D eigenvalue weighted by atomic mass is 16.2. The Morgan fingerprint density at radius 1 is 1.36 bits per heavy atom. The van der Waals surface area contributed by atoms with Gasteiger partial charge < -0.3 is 11.1 Å². The van der Waals surface area contributed by atoms with Crippen LogP contribution in [0.2, 0.25) is 0 Å². The van der Waals surface area contributed by atoms with Crippen molar-refractivity contribution in [2.24, 2.45) is 17.6 Å². The highest BCUT2D eigenvalue weighted by Crippen LogP contribution is 2.25. The second-order valence-corrected chi connectivity index (χ2v) is 6.88. The molecule has 0 saturated carbocycles. The number of nitrogens with zero attached hydrogens (tertiary/aromatic N) is 1. The SMILES string of the molecule is CC1CCN(CC(=O)Nc2ccc3c(c2)CCC3)CC1CN. The molecule has 2 unspecified atom stereocenters. The van der Waals surface area contributed by atoms with Crippen LogP contribution in [0.25, 0.3) is 0 Å². The van der Waals surface area contributed by atoms with E-state index in [9.17, 15) is 4.79 Å². The van der Waals surface area contributed by atoms with Crippen molar-refractivity contribution in [3.63, 3.8) is 0 Å². The summed E-state index contributed by atoms with van der Waals surface area (Å²) in [6, 6.07) is 6.33. The second-order valence-electron chi connectivity index (χ2n) is 6.88. The number of likely N-dealkylation sites (tertiary alicyclic amines) is 1. The molecular formula is C18H27N3O. The van der Waals surface area contributed by atoms with Crippen LogP contribution in [-0.2, 0) is 17.6 Å². The molecule has 4 nitrogen and oxygen atoms in total. The molecule has 4 heteroatoms. The minimum atomic E-state index is 0.0864. The first-order valence-electron chi connectivity index (χ1n) is 8.50. The van der Waals surface area contributed by atoms with Gasteiger partial charge in [0, 0.05) is 12.2 Å². The smallest absolute Gasteiger partial charge is 0.238 e. The molecule has 1 aliphatic heterocycles. The van der Waals surface area contributed by atoms with E-state index >= 15 is 0 Å². The largest absolute Gasteiger partial charge is 0.330 e. The maximum atomic E-state index is 12.3. The molecule has 1 aromatic rings. The summed E-state index contributed by atoms with van der Waals surface area (Å²) >= 11 is 0. The molecule has 3 N–H and O–H groups in total. The summed E-state index contributed by atoms with van der Waals surface area (Å²) < 4.78 is 0. The van der Waals surface area contributed by atoms with Crippen molar-refractivity contribution in [3.05, 3.63) is 29.3 Å². The summed E-state index contributed by atoms with van der Waals surface area (Å²) in [7, 11) is 0. The molecule has 0 bridgehead atoms. The molecule has 1 saturated heterocycles. The van der Waals surface area contributed by atoms with Crippen LogP contribution < -0.4 is 11.1 Å². The number of fused-ring (bicyclic) bond motifs is 1. The Bertz CT molecular complexity index is 543. The third-order valence-electron chi connectivity index (χ3n) is 5.25. The van der Waals surface area contributed by atoms with Crippen molar-refractivity contribution in [2.75, 3.05) is 31.5 Å². The summed E-state index contributed by atoms with van der Waals surface area (Å²) in [5.41, 5.74) is 9.61. The van der Waals surface area contributed by atoms with Crippen molar-refractivity contribution in [1.29, 1.82) is 0 Å². The Balaban J connectivity index is 1.54. The van der Waals surface area contributed by atoms with Gasteiger partial charge in [0.15, 0.2) is 0 Å². The second kappa shape index (κ2) is 6.80. The van der Waals surface area contributed by atoms with Gasteiger partial charge in [0.1, 0.15) is 0 Å². The van der Waals surface area contributed by atoms with E-state index < -0.39 is 0 Å². The zero-order chi connectivity index (χ0) is 15.5. The van der Waals surface area contributed by atoms with E-state index in [1.165, 1.54) is 24.0 Å². The molecule has 1 aliphatic carbocycles. The number of anilines is 1. The Morgan fingerprint density at radius 3 is 3.00 bits per heavy atom. The van der Waals surface area contributed by atoms with Crippen LogP contribution in [0, 0.1) is 11.8 Å². The molecule has 1 aromatic carbocycles. The van der Waals surface area contributed by atoms with Crippen LogP contribution in [0.15, 0.2) is 18.2 Å². The van der Waals surface area contributed by atoms with Gasteiger partial charge in [-0.2, -0.15) is 0 Å². The van der Waals surface area contributed by atoms with Gasteiger partial charge >= 0.3 is 0 Å². The summed E-state index contributed by atoms with van der Waals surface area (Å²) in [6.07, 6.45) is 4.68. The number of amides is 1. The fourth-order valence-electron chi connectivity index (χ4n) is 3.73. The van der Waals surface area contributed by atoms with Crippen LogP contribution >= 0.6 is 0 Å². The van der Waals surface area contributed by atoms with Crippen LogP contribution in [0.5, 0.6) is 0 Å². The van der Waals surface area contributed by atoms with Gasteiger partial charge in [0.25, 0.3) is 0 Å². The minimum absolute atomic E-state index is 0.0864. The average molecular weight is 301 g/mol. The number of aryl methyl sites for hydroxylation is 2. The lowest BCUT2D eigenvalue weighted by molar-refractivity contribution is -0.117. The molecule has 22 heavy (non-hydrogen) atoms. The number of rotatable bonds is 4. The Morgan fingerprint density at radius 2 is 2.18 bits per heavy atom. The highest BCUT2D eigenvalue weighted by Gasteiger charge is 2.26. The van der Waals surface area contributed by atoms with Crippen molar-refractivity contribution in [3.8, 4) is 0 Å². The third kappa shape index (κ3) is 3.50. The average Bonchev–Trinajstić information content (AvgIpc) is 2.96. The molecule has 0 aromatic heterocycles. The van der Waals surface area contributed by atoms with Gasteiger partial charge in [-0.25, -0.2) is 0 Å². The zero-order valence-corrected chi connectivity index (χ0v) is 13.5. The zero-order valence-electron chi connectivity index (χ0n) is 13.5. The van der Waals surface area contributed by atoms with E-state index in [1.54, 1.807) is 0 Å². The third-order valence-corrected chi connectivity index (χ3v) is 5.25. The molecule has 2 aliphatic rings. The van der Waals surface area contributed by atoms with E-state index in [1.807, 2.05) is 6.07 Å². The van der Waals surface area contributed by atoms with Gasteiger partial charge in [-0.3, -0.25) is 9.69 Å². The van der Waals surface area contributed by atoms with Crippen molar-refractivity contribution in [2.45, 2.75) is 32.6 Å². The molecule has 120 valence electrons. The van der Waals surface area contributed by atoms with E-state index in [4.69, 9.17) is 5.73 Å². The monoisotopic (exact) mass is 301 g/mol. The van der Waals surface area contributed by atoms with E-state index in [0.29, 0.717) is 24.9 Å². The molecular weight excluding hydrogens is 274 g/mol. The summed E-state index contributed by atoms with van der Waals surface area (Å²) in [5.74, 6) is 1.27. The number of carbonyl (C=O) groups excluding carboxylic acids is 1.